The number of anilines is 1. The highest BCUT2D eigenvalue weighted by Gasteiger charge is 2.37. The number of hydrogen-bond donors (Lipinski definition) is 4. The van der Waals surface area contributed by atoms with Crippen LogP contribution in [0, 0.1) is 16.7 Å². The molecule has 0 saturated heterocycles. The van der Waals surface area contributed by atoms with Gasteiger partial charge in [0.05, 0.1) is 12.8 Å². The molecule has 0 saturated carbocycles. The molecule has 5 nitrogen and oxygen atoms in total. The molecule has 0 aliphatic carbocycles. The molecule has 1 aromatic carbocycles. The number of alkyl halides is 1. The van der Waals surface area contributed by atoms with E-state index in [0.29, 0.717) is 40.7 Å². The summed E-state index contributed by atoms with van der Waals surface area (Å²) < 4.78 is 11.3. The van der Waals surface area contributed by atoms with E-state index in [9.17, 15) is 14.3 Å². The van der Waals surface area contributed by atoms with Crippen molar-refractivity contribution in [3.05, 3.63) is 28.3 Å². The van der Waals surface area contributed by atoms with Crippen LogP contribution in [0.5, 0.6) is 0 Å². The van der Waals surface area contributed by atoms with Gasteiger partial charge in [0.15, 0.2) is 0 Å². The van der Waals surface area contributed by atoms with Crippen LogP contribution in [0.15, 0.2) is 12.1 Å². The van der Waals surface area contributed by atoms with Crippen LogP contribution in [0.4, 0.5) is 10.1 Å². The first-order chi connectivity index (χ1) is 14.1. The monoisotopic (exact) mass is 443 g/mol. The summed E-state index contributed by atoms with van der Waals surface area (Å²) in [6.07, 6.45) is 5.24. The Hall–Kier alpha value is -1.66. The van der Waals surface area contributed by atoms with E-state index in [4.69, 9.17) is 22.7 Å². The van der Waals surface area contributed by atoms with E-state index in [1.54, 1.807) is 12.1 Å². The highest BCUT2D eigenvalue weighted by atomic mass is 35.5. The van der Waals surface area contributed by atoms with E-state index in [2.05, 4.69) is 33.0 Å². The molecule has 7 heteroatoms. The molecule has 1 amide bonds. The third kappa shape index (κ3) is 9.00. The molecule has 1 atom stereocenters. The van der Waals surface area contributed by atoms with Crippen LogP contribution in [0.3, 0.4) is 0 Å². The number of halogens is 2. The largest absolute Gasteiger partial charge is 0.398 e. The normalized spacial score (nSPS) is 12.2. The Labute approximate surface area is 186 Å². The molecule has 0 fully saturated rings. The zero-order valence-corrected chi connectivity index (χ0v) is 19.8. The van der Waals surface area contributed by atoms with E-state index in [0.717, 1.165) is 25.7 Å². The van der Waals surface area contributed by atoms with Gasteiger partial charge in [-0.3, -0.25) is 9.18 Å². The Morgan fingerprint density at radius 2 is 1.90 bits per heavy atom. The zero-order valence-electron chi connectivity index (χ0n) is 19.0. The van der Waals surface area contributed by atoms with Crippen LogP contribution in [-0.4, -0.2) is 30.4 Å². The smallest absolute Gasteiger partial charge is 0.216 e. The molecule has 0 spiro atoms. The summed E-state index contributed by atoms with van der Waals surface area (Å²) in [7, 11) is 0. The number of benzene rings is 1. The van der Waals surface area contributed by atoms with Gasteiger partial charge in [0, 0.05) is 41.5 Å². The highest BCUT2D eigenvalue weighted by Crippen LogP contribution is 2.46. The number of rotatable bonds is 11. The third-order valence-corrected chi connectivity index (χ3v) is 5.59. The van der Waals surface area contributed by atoms with Gasteiger partial charge in [0.25, 0.3) is 0 Å². The number of hydrogen-bond acceptors (Lipinski definition) is 4. The van der Waals surface area contributed by atoms with Gasteiger partial charge >= 0.3 is 0 Å². The lowest BCUT2D eigenvalue weighted by Gasteiger charge is -2.39. The standard InChI is InChI=1S/C18H29ClN2O.C5H10FNO/c1-5-7-13(8-6-2)18(3,4)17(22)15-10-14(19)9-12(11-20)16(15)21;1-5(8)7-4-2-3-6/h9-11,13,17,20,22H,5-8,21H2,1-4H3;2-4H2,1H3,(H,7,8). The van der Waals surface area contributed by atoms with Gasteiger partial charge in [0.2, 0.25) is 5.91 Å². The second-order valence-electron chi connectivity index (χ2n) is 8.17. The van der Waals surface area contributed by atoms with Crippen LogP contribution in [0.1, 0.15) is 84.0 Å². The first-order valence-corrected chi connectivity index (χ1v) is 11.0. The molecule has 5 N–H and O–H groups in total. The molecule has 30 heavy (non-hydrogen) atoms. The summed E-state index contributed by atoms with van der Waals surface area (Å²) >= 11 is 6.13. The van der Waals surface area contributed by atoms with Gasteiger partial charge in [-0.2, -0.15) is 0 Å². The number of nitrogens with two attached hydrogens (primary N) is 1. The summed E-state index contributed by atoms with van der Waals surface area (Å²) in [5, 5.41) is 21.4. The molecule has 0 bridgehead atoms. The summed E-state index contributed by atoms with van der Waals surface area (Å²) in [6.45, 7) is 10.0. The minimum atomic E-state index is -0.701. The molecule has 0 radical (unpaired) electrons. The Kier molecular flexibility index (Phi) is 13.6. The molecular weight excluding hydrogens is 405 g/mol. The van der Waals surface area contributed by atoms with Crippen LogP contribution in [0.2, 0.25) is 5.02 Å². The van der Waals surface area contributed by atoms with Crippen molar-refractivity contribution in [2.24, 2.45) is 11.3 Å². The summed E-state index contributed by atoms with van der Waals surface area (Å²) in [4.78, 5) is 10.1. The van der Waals surface area contributed by atoms with Crippen molar-refractivity contribution >= 4 is 29.4 Å². The lowest BCUT2D eigenvalue weighted by atomic mass is 9.68. The van der Waals surface area contributed by atoms with E-state index in [1.807, 2.05) is 0 Å². The summed E-state index contributed by atoms with van der Waals surface area (Å²) in [6, 6.07) is 3.38. The van der Waals surface area contributed by atoms with Gasteiger partial charge in [-0.15, -0.1) is 0 Å². The van der Waals surface area contributed by atoms with Crippen molar-refractivity contribution < 1.29 is 14.3 Å². The van der Waals surface area contributed by atoms with Crippen LogP contribution in [-0.2, 0) is 4.79 Å². The number of aliphatic hydroxyl groups excluding tert-OH is 1. The lowest BCUT2D eigenvalue weighted by Crippen LogP contribution is -2.32. The van der Waals surface area contributed by atoms with Crippen LogP contribution in [0.25, 0.3) is 0 Å². The van der Waals surface area contributed by atoms with Crippen molar-refractivity contribution in [2.45, 2.75) is 72.8 Å². The third-order valence-electron chi connectivity index (χ3n) is 5.37. The molecule has 0 aromatic heterocycles. The van der Waals surface area contributed by atoms with Gasteiger partial charge in [0.1, 0.15) is 0 Å². The quantitative estimate of drug-likeness (QED) is 0.201. The van der Waals surface area contributed by atoms with Gasteiger partial charge in [-0.25, -0.2) is 0 Å². The minimum Gasteiger partial charge on any atom is -0.398 e. The number of aliphatic hydroxyl groups is 1. The van der Waals surface area contributed by atoms with Crippen LogP contribution < -0.4 is 11.1 Å². The Balaban J connectivity index is 0.000000890. The van der Waals surface area contributed by atoms with Gasteiger partial charge in [-0.05, 0) is 29.9 Å². The second kappa shape index (κ2) is 14.4. The average Bonchev–Trinajstić information content (AvgIpc) is 2.69. The lowest BCUT2D eigenvalue weighted by molar-refractivity contribution is -0.118. The first-order valence-electron chi connectivity index (χ1n) is 10.6. The molecule has 1 unspecified atom stereocenters. The summed E-state index contributed by atoms with van der Waals surface area (Å²) in [5.74, 6) is 0.317. The predicted octanol–water partition coefficient (Wildman–Crippen LogP) is 5.68. The maximum absolute atomic E-state index is 11.3. The van der Waals surface area contributed by atoms with Gasteiger partial charge in [-0.1, -0.05) is 65.0 Å². The number of carbonyl (C=O) groups is 1. The number of nitrogen functional groups attached to an aromatic ring is 1. The fourth-order valence-corrected chi connectivity index (χ4v) is 3.78. The average molecular weight is 444 g/mol. The maximum Gasteiger partial charge on any atom is 0.216 e. The summed E-state index contributed by atoms with van der Waals surface area (Å²) in [5.41, 5.74) is 7.48. The fraction of sp³-hybridized carbons (Fsp3) is 0.652. The van der Waals surface area contributed by atoms with E-state index < -0.39 is 6.10 Å². The number of carbonyl (C=O) groups excluding carboxylic acids is 1. The van der Waals surface area contributed by atoms with Crippen molar-refractivity contribution in [1.29, 1.82) is 5.41 Å². The Bertz CT molecular complexity index is 662. The Morgan fingerprint density at radius 3 is 2.33 bits per heavy atom. The molecule has 0 heterocycles. The predicted molar refractivity (Wildman–Crippen MR) is 125 cm³/mol. The zero-order chi connectivity index (χ0) is 23.3. The fourth-order valence-electron chi connectivity index (χ4n) is 3.55. The molecule has 0 aliphatic heterocycles. The van der Waals surface area contributed by atoms with E-state index in [1.165, 1.54) is 13.1 Å². The van der Waals surface area contributed by atoms with Crippen molar-refractivity contribution in [3.8, 4) is 0 Å². The molecule has 1 rings (SSSR count). The molecule has 0 aliphatic rings. The number of nitrogens with one attached hydrogen (secondary N) is 2. The van der Waals surface area contributed by atoms with Gasteiger partial charge < -0.3 is 21.6 Å². The maximum atomic E-state index is 11.3. The second-order valence-corrected chi connectivity index (χ2v) is 8.60. The van der Waals surface area contributed by atoms with E-state index >= 15 is 0 Å². The molecular formula is C23H39ClFN3O2. The SMILES string of the molecule is CC(=O)NCCCF.CCCC(CCC)C(C)(C)C(O)c1cc(Cl)cc(C=N)c1N. The first kappa shape index (κ1) is 28.3. The minimum absolute atomic E-state index is 0.0987. The van der Waals surface area contributed by atoms with E-state index in [-0.39, 0.29) is 18.0 Å². The van der Waals surface area contributed by atoms with Crippen molar-refractivity contribution in [2.75, 3.05) is 19.0 Å². The highest BCUT2D eigenvalue weighted by molar-refractivity contribution is 6.31. The Morgan fingerprint density at radius 1 is 1.33 bits per heavy atom. The molecule has 1 aromatic rings. The van der Waals surface area contributed by atoms with Crippen molar-refractivity contribution in [1.82, 2.24) is 5.32 Å². The number of amides is 1. The molecule has 172 valence electrons. The topological polar surface area (TPSA) is 99.2 Å². The van der Waals surface area contributed by atoms with Crippen LogP contribution >= 0.6 is 11.6 Å². The van der Waals surface area contributed by atoms with Crippen molar-refractivity contribution in [3.63, 3.8) is 0 Å².